The molecule has 0 fully saturated rings. The smallest absolute Gasteiger partial charge is 0.0965 e. The SMILES string of the molecule is CCCCCCCCc1ccc(-c2cnc3c(ccc4cc(-c5ccc(CCCCCCCC)cc5)cnc43)c2)cc1. The third kappa shape index (κ3) is 8.06. The van der Waals surface area contributed by atoms with Crippen LogP contribution >= 0.6 is 0 Å². The number of rotatable bonds is 16. The van der Waals surface area contributed by atoms with Gasteiger partial charge in [0.15, 0.2) is 0 Å². The van der Waals surface area contributed by atoms with Gasteiger partial charge in [-0.2, -0.15) is 0 Å². The molecule has 2 aromatic heterocycles. The number of aryl methyl sites for hydroxylation is 2. The fraction of sp³-hybridized carbons (Fsp3) is 0.400. The molecule has 0 aliphatic heterocycles. The molecule has 2 heterocycles. The molecule has 5 aromatic rings. The van der Waals surface area contributed by atoms with E-state index in [0.29, 0.717) is 0 Å². The minimum atomic E-state index is 0.969. The Labute approximate surface area is 253 Å². The van der Waals surface area contributed by atoms with E-state index in [2.05, 4.69) is 86.6 Å². The van der Waals surface area contributed by atoms with Gasteiger partial charge in [-0.1, -0.05) is 139 Å². The predicted octanol–water partition coefficient (Wildman–Crippen LogP) is 11.9. The topological polar surface area (TPSA) is 25.8 Å². The molecule has 5 rings (SSSR count). The van der Waals surface area contributed by atoms with Gasteiger partial charge in [-0.25, -0.2) is 0 Å². The first-order valence-corrected chi connectivity index (χ1v) is 16.6. The molecule has 0 radical (unpaired) electrons. The van der Waals surface area contributed by atoms with Crippen LogP contribution in [0.15, 0.2) is 85.2 Å². The van der Waals surface area contributed by atoms with Crippen molar-refractivity contribution >= 4 is 21.8 Å². The Morgan fingerprint density at radius 3 is 1.19 bits per heavy atom. The molecule has 0 bridgehead atoms. The standard InChI is InChI=1S/C40H48N2/c1-3-5-7-9-11-13-15-31-17-21-33(22-18-31)37-27-35-25-26-36-28-38(30-42-40(36)39(35)41-29-37)34-23-19-32(20-24-34)16-14-12-10-8-6-4-2/h17-30H,3-16H2,1-2H3. The number of nitrogens with zero attached hydrogens (tertiary/aromatic N) is 2. The van der Waals surface area contributed by atoms with Crippen LogP contribution in [0, 0.1) is 0 Å². The lowest BCUT2D eigenvalue weighted by Crippen LogP contribution is -1.90. The van der Waals surface area contributed by atoms with Crippen LogP contribution in [-0.2, 0) is 12.8 Å². The van der Waals surface area contributed by atoms with Crippen LogP contribution in [0.2, 0.25) is 0 Å². The summed E-state index contributed by atoms with van der Waals surface area (Å²) in [6.07, 6.45) is 22.5. The van der Waals surface area contributed by atoms with E-state index in [0.717, 1.165) is 32.9 Å². The second-order valence-electron chi connectivity index (χ2n) is 12.1. The molecular weight excluding hydrogens is 508 g/mol. The number of benzene rings is 3. The molecule has 3 aromatic carbocycles. The maximum absolute atomic E-state index is 4.90. The zero-order valence-electron chi connectivity index (χ0n) is 25.9. The lowest BCUT2D eigenvalue weighted by Gasteiger charge is -2.09. The summed E-state index contributed by atoms with van der Waals surface area (Å²) in [6, 6.07) is 27.0. The summed E-state index contributed by atoms with van der Waals surface area (Å²) in [6.45, 7) is 4.55. The Bertz CT molecular complexity index is 1410. The number of unbranched alkanes of at least 4 members (excludes halogenated alkanes) is 10. The van der Waals surface area contributed by atoms with Crippen molar-refractivity contribution in [3.05, 3.63) is 96.3 Å². The van der Waals surface area contributed by atoms with Gasteiger partial charge in [0, 0.05) is 34.3 Å². The summed E-state index contributed by atoms with van der Waals surface area (Å²) in [5.74, 6) is 0. The van der Waals surface area contributed by atoms with Crippen molar-refractivity contribution in [2.75, 3.05) is 0 Å². The summed E-state index contributed by atoms with van der Waals surface area (Å²) in [7, 11) is 0. The zero-order valence-corrected chi connectivity index (χ0v) is 25.9. The Morgan fingerprint density at radius 1 is 0.405 bits per heavy atom. The zero-order chi connectivity index (χ0) is 29.0. The molecule has 0 aliphatic carbocycles. The Hall–Kier alpha value is -3.52. The number of hydrogen-bond acceptors (Lipinski definition) is 2. The van der Waals surface area contributed by atoms with Crippen LogP contribution < -0.4 is 0 Å². The van der Waals surface area contributed by atoms with Crippen LogP contribution in [0.3, 0.4) is 0 Å². The number of aromatic nitrogens is 2. The van der Waals surface area contributed by atoms with Crippen molar-refractivity contribution in [1.82, 2.24) is 9.97 Å². The van der Waals surface area contributed by atoms with Crippen LogP contribution in [0.4, 0.5) is 0 Å². The molecule has 0 amide bonds. The summed E-state index contributed by atoms with van der Waals surface area (Å²) in [5, 5.41) is 2.27. The lowest BCUT2D eigenvalue weighted by molar-refractivity contribution is 0.607. The van der Waals surface area contributed by atoms with E-state index < -0.39 is 0 Å². The second kappa shape index (κ2) is 15.6. The monoisotopic (exact) mass is 556 g/mol. The van der Waals surface area contributed by atoms with Crippen LogP contribution in [-0.4, -0.2) is 9.97 Å². The summed E-state index contributed by atoms with van der Waals surface area (Å²) < 4.78 is 0. The van der Waals surface area contributed by atoms with Crippen molar-refractivity contribution < 1.29 is 0 Å². The number of fused-ring (bicyclic) bond motifs is 3. The second-order valence-corrected chi connectivity index (χ2v) is 12.1. The van der Waals surface area contributed by atoms with Gasteiger partial charge in [0.2, 0.25) is 0 Å². The van der Waals surface area contributed by atoms with E-state index in [1.54, 1.807) is 0 Å². The lowest BCUT2D eigenvalue weighted by atomic mass is 9.99. The van der Waals surface area contributed by atoms with Gasteiger partial charge >= 0.3 is 0 Å². The fourth-order valence-corrected chi connectivity index (χ4v) is 6.06. The van der Waals surface area contributed by atoms with Crippen LogP contribution in [0.1, 0.15) is 102 Å². The van der Waals surface area contributed by atoms with Crippen molar-refractivity contribution in [2.45, 2.75) is 104 Å². The maximum Gasteiger partial charge on any atom is 0.0965 e. The van der Waals surface area contributed by atoms with Gasteiger partial charge in [-0.15, -0.1) is 0 Å². The number of pyridine rings is 2. The highest BCUT2D eigenvalue weighted by Gasteiger charge is 2.08. The largest absolute Gasteiger partial charge is 0.253 e. The van der Waals surface area contributed by atoms with Crippen molar-refractivity contribution in [2.24, 2.45) is 0 Å². The number of hydrogen-bond donors (Lipinski definition) is 0. The average Bonchev–Trinajstić information content (AvgIpc) is 3.04. The third-order valence-electron chi connectivity index (χ3n) is 8.71. The van der Waals surface area contributed by atoms with Crippen molar-refractivity contribution in [3.63, 3.8) is 0 Å². The molecule has 0 saturated carbocycles. The van der Waals surface area contributed by atoms with Crippen molar-refractivity contribution in [1.29, 1.82) is 0 Å². The highest BCUT2D eigenvalue weighted by Crippen LogP contribution is 2.30. The predicted molar refractivity (Wildman–Crippen MR) is 182 cm³/mol. The summed E-state index contributed by atoms with van der Waals surface area (Å²) in [4.78, 5) is 9.79. The molecule has 0 unspecified atom stereocenters. The van der Waals surface area contributed by atoms with Gasteiger partial charge in [-0.05, 0) is 60.1 Å². The Kier molecular flexibility index (Phi) is 11.2. The fourth-order valence-electron chi connectivity index (χ4n) is 6.06. The van der Waals surface area contributed by atoms with E-state index in [4.69, 9.17) is 9.97 Å². The van der Waals surface area contributed by atoms with Gasteiger partial charge in [0.1, 0.15) is 0 Å². The molecule has 2 heteroatoms. The molecule has 0 saturated heterocycles. The maximum atomic E-state index is 4.90. The van der Waals surface area contributed by atoms with E-state index in [-0.39, 0.29) is 0 Å². The van der Waals surface area contributed by atoms with Crippen LogP contribution in [0.25, 0.3) is 44.1 Å². The van der Waals surface area contributed by atoms with E-state index in [9.17, 15) is 0 Å². The van der Waals surface area contributed by atoms with E-state index in [1.807, 2.05) is 12.4 Å². The Morgan fingerprint density at radius 2 is 0.786 bits per heavy atom. The highest BCUT2D eigenvalue weighted by atomic mass is 14.7. The summed E-state index contributed by atoms with van der Waals surface area (Å²) in [5.41, 5.74) is 9.56. The Balaban J connectivity index is 1.22. The molecule has 0 aliphatic rings. The molecule has 0 atom stereocenters. The first kappa shape index (κ1) is 30.0. The first-order chi connectivity index (χ1) is 20.7. The molecule has 42 heavy (non-hydrogen) atoms. The minimum Gasteiger partial charge on any atom is -0.253 e. The van der Waals surface area contributed by atoms with Crippen LogP contribution in [0.5, 0.6) is 0 Å². The molecule has 218 valence electrons. The molecule has 2 nitrogen and oxygen atoms in total. The molecule has 0 N–H and O–H groups in total. The molecule has 0 spiro atoms. The van der Waals surface area contributed by atoms with Crippen molar-refractivity contribution in [3.8, 4) is 22.3 Å². The average molecular weight is 557 g/mol. The van der Waals surface area contributed by atoms with Gasteiger partial charge in [-0.3, -0.25) is 9.97 Å². The third-order valence-corrected chi connectivity index (χ3v) is 8.71. The normalized spacial score (nSPS) is 11.5. The highest BCUT2D eigenvalue weighted by molar-refractivity contribution is 6.04. The summed E-state index contributed by atoms with van der Waals surface area (Å²) >= 11 is 0. The molecular formula is C40H48N2. The first-order valence-electron chi connectivity index (χ1n) is 16.6. The quantitative estimate of drug-likeness (QED) is 0.0892. The minimum absolute atomic E-state index is 0.969. The van der Waals surface area contributed by atoms with Gasteiger partial charge in [0.05, 0.1) is 11.0 Å². The van der Waals surface area contributed by atoms with Gasteiger partial charge < -0.3 is 0 Å². The van der Waals surface area contributed by atoms with E-state index >= 15 is 0 Å². The van der Waals surface area contributed by atoms with Gasteiger partial charge in [0.25, 0.3) is 0 Å². The van der Waals surface area contributed by atoms with E-state index in [1.165, 1.54) is 112 Å².